The maximum Gasteiger partial charge on any atom is 0.319 e. The largest absolute Gasteiger partial charge is 0.508 e. The van der Waals surface area contributed by atoms with Gasteiger partial charge in [0.25, 0.3) is 0 Å². The van der Waals surface area contributed by atoms with Crippen LogP contribution in [0.15, 0.2) is 48.5 Å². The lowest BCUT2D eigenvalue weighted by atomic mass is 10.2. The van der Waals surface area contributed by atoms with E-state index in [4.69, 9.17) is 15.9 Å². The number of esters is 2. The van der Waals surface area contributed by atoms with Gasteiger partial charge in [-0.3, -0.25) is 14.4 Å². The van der Waals surface area contributed by atoms with E-state index in [2.05, 4.69) is 14.8 Å². The molecule has 0 heterocycles. The number of hydrogen-bond acceptors (Lipinski definition) is 9. The fourth-order valence-corrected chi connectivity index (χ4v) is 1.73. The molecule has 0 aliphatic rings. The molecule has 0 atom stereocenters. The summed E-state index contributed by atoms with van der Waals surface area (Å²) in [4.78, 5) is 30.6. The molecule has 0 aliphatic heterocycles. The third-order valence-corrected chi connectivity index (χ3v) is 3.14. The van der Waals surface area contributed by atoms with Crippen LogP contribution >= 0.6 is 12.4 Å². The number of nitrogens with two attached hydrogens (primary N) is 1. The van der Waals surface area contributed by atoms with E-state index in [1.807, 2.05) is 6.07 Å². The fourth-order valence-electron chi connectivity index (χ4n) is 1.73. The Morgan fingerprint density at radius 3 is 1.97 bits per heavy atom. The van der Waals surface area contributed by atoms with Gasteiger partial charge in [-0.1, -0.05) is 24.3 Å². The standard InChI is InChI=1S/C10H13NO3.C7H6O2.C3H7NO2.ClH/c1-14-10(13)7-11-6-8-3-2-4-9(12)5-8;8-5-6-2-1-3-7(9)4-6;1-6-3(5)2-4;/h2-5,11-12H,6-7H2,1H3;1-5,9H;2,4H2,1H3;1H. The highest BCUT2D eigenvalue weighted by Crippen LogP contribution is 2.10. The first kappa shape index (κ1) is 29.1. The Labute approximate surface area is 181 Å². The Morgan fingerprint density at radius 1 is 1.00 bits per heavy atom. The van der Waals surface area contributed by atoms with Crippen molar-refractivity contribution < 1.29 is 34.1 Å². The number of aldehydes is 1. The highest BCUT2D eigenvalue weighted by molar-refractivity contribution is 5.85. The van der Waals surface area contributed by atoms with Crippen molar-refractivity contribution in [2.24, 2.45) is 5.73 Å². The number of rotatable bonds is 6. The van der Waals surface area contributed by atoms with Gasteiger partial charge in [-0.05, 0) is 29.8 Å². The topological polar surface area (TPSA) is 148 Å². The highest BCUT2D eigenvalue weighted by atomic mass is 35.5. The number of aromatic hydroxyl groups is 2. The maximum atomic E-state index is 10.7. The second-order valence-electron chi connectivity index (χ2n) is 5.34. The average Bonchev–Trinajstić information content (AvgIpc) is 2.74. The van der Waals surface area contributed by atoms with Crippen LogP contribution in [-0.4, -0.2) is 55.7 Å². The first-order chi connectivity index (χ1) is 13.9. The molecule has 0 aliphatic carbocycles. The minimum Gasteiger partial charge on any atom is -0.508 e. The van der Waals surface area contributed by atoms with Crippen LogP contribution in [0.5, 0.6) is 11.5 Å². The van der Waals surface area contributed by atoms with Gasteiger partial charge in [0.1, 0.15) is 17.8 Å². The van der Waals surface area contributed by atoms with E-state index in [1.165, 1.54) is 26.4 Å². The molecular weight excluding hydrogens is 416 g/mol. The normalized spacial score (nSPS) is 8.77. The van der Waals surface area contributed by atoms with Gasteiger partial charge >= 0.3 is 11.9 Å². The second kappa shape index (κ2) is 17.9. The van der Waals surface area contributed by atoms with Crippen LogP contribution in [0.3, 0.4) is 0 Å². The summed E-state index contributed by atoms with van der Waals surface area (Å²) in [5, 5.41) is 20.8. The number of phenolic OH excluding ortho intramolecular Hbond substituents is 2. The van der Waals surface area contributed by atoms with Gasteiger partial charge in [-0.25, -0.2) is 0 Å². The van der Waals surface area contributed by atoms with E-state index in [1.54, 1.807) is 30.3 Å². The van der Waals surface area contributed by atoms with Crippen LogP contribution < -0.4 is 11.1 Å². The van der Waals surface area contributed by atoms with Crippen molar-refractivity contribution in [2.75, 3.05) is 27.3 Å². The number of methoxy groups -OCH3 is 2. The number of benzene rings is 2. The van der Waals surface area contributed by atoms with Gasteiger partial charge in [0.15, 0.2) is 0 Å². The molecule has 0 fully saturated rings. The summed E-state index contributed by atoms with van der Waals surface area (Å²) in [5.74, 6) is -0.331. The molecule has 0 unspecified atom stereocenters. The van der Waals surface area contributed by atoms with Crippen molar-refractivity contribution in [3.63, 3.8) is 0 Å². The van der Waals surface area contributed by atoms with Gasteiger partial charge in [0.05, 0.1) is 27.3 Å². The SMILES string of the molecule is COC(=O)CN.COC(=O)CNCc1cccc(O)c1.Cl.O=Cc1cccc(O)c1. The predicted molar refractivity (Wildman–Crippen MR) is 114 cm³/mol. The molecule has 2 aromatic rings. The van der Waals surface area contributed by atoms with Crippen molar-refractivity contribution in [1.82, 2.24) is 5.32 Å². The lowest BCUT2D eigenvalue weighted by Gasteiger charge is -2.03. The molecule has 0 spiro atoms. The smallest absolute Gasteiger partial charge is 0.319 e. The van der Waals surface area contributed by atoms with Crippen molar-refractivity contribution in [3.8, 4) is 11.5 Å². The van der Waals surface area contributed by atoms with E-state index in [0.29, 0.717) is 18.4 Å². The maximum absolute atomic E-state index is 10.7. The Hall–Kier alpha value is -3.14. The van der Waals surface area contributed by atoms with E-state index < -0.39 is 0 Å². The summed E-state index contributed by atoms with van der Waals surface area (Å²) < 4.78 is 8.60. The van der Waals surface area contributed by atoms with E-state index in [0.717, 1.165) is 5.56 Å². The Bertz CT molecular complexity index is 766. The number of nitrogens with one attached hydrogen (secondary N) is 1. The molecule has 0 saturated heterocycles. The summed E-state index contributed by atoms with van der Waals surface area (Å²) in [6, 6.07) is 13.0. The van der Waals surface area contributed by atoms with Crippen LogP contribution in [0.25, 0.3) is 0 Å². The lowest BCUT2D eigenvalue weighted by Crippen LogP contribution is -2.23. The Morgan fingerprint density at radius 2 is 1.57 bits per heavy atom. The number of ether oxygens (including phenoxy) is 2. The molecular formula is C20H27ClN2O7. The van der Waals surface area contributed by atoms with Crippen LogP contribution in [0.2, 0.25) is 0 Å². The Balaban J connectivity index is 0. The number of hydrogen-bond donors (Lipinski definition) is 4. The van der Waals surface area contributed by atoms with Gasteiger partial charge < -0.3 is 30.7 Å². The summed E-state index contributed by atoms with van der Waals surface area (Å²) >= 11 is 0. The minimum atomic E-state index is -0.380. The third-order valence-electron chi connectivity index (χ3n) is 3.14. The van der Waals surface area contributed by atoms with Gasteiger partial charge in [0, 0.05) is 12.1 Å². The predicted octanol–water partition coefficient (Wildman–Crippen LogP) is 1.40. The van der Waals surface area contributed by atoms with E-state index >= 15 is 0 Å². The highest BCUT2D eigenvalue weighted by Gasteiger charge is 1.99. The quantitative estimate of drug-likeness (QED) is 0.384. The summed E-state index contributed by atoms with van der Waals surface area (Å²) in [6.07, 6.45) is 0.694. The van der Waals surface area contributed by atoms with Gasteiger partial charge in [-0.15, -0.1) is 12.4 Å². The molecule has 10 heteroatoms. The van der Waals surface area contributed by atoms with E-state index in [9.17, 15) is 14.4 Å². The molecule has 0 radical (unpaired) electrons. The third kappa shape index (κ3) is 14.9. The van der Waals surface area contributed by atoms with Crippen LogP contribution in [0.1, 0.15) is 15.9 Å². The molecule has 2 aromatic carbocycles. The summed E-state index contributed by atoms with van der Waals surface area (Å²) in [7, 11) is 2.65. The molecule has 0 aromatic heterocycles. The Kier molecular flexibility index (Phi) is 17.4. The molecule has 30 heavy (non-hydrogen) atoms. The zero-order valence-corrected chi connectivity index (χ0v) is 17.6. The number of phenols is 2. The zero-order valence-electron chi connectivity index (χ0n) is 16.7. The number of carbonyl (C=O) groups excluding carboxylic acids is 3. The zero-order chi connectivity index (χ0) is 22.1. The summed E-state index contributed by atoms with van der Waals surface area (Å²) in [5.41, 5.74) is 6.23. The molecule has 0 saturated carbocycles. The van der Waals surface area contributed by atoms with Crippen LogP contribution in [-0.2, 0) is 25.6 Å². The van der Waals surface area contributed by atoms with Crippen molar-refractivity contribution >= 4 is 30.6 Å². The van der Waals surface area contributed by atoms with Crippen LogP contribution in [0, 0.1) is 0 Å². The minimum absolute atomic E-state index is 0. The second-order valence-corrected chi connectivity index (χ2v) is 5.34. The monoisotopic (exact) mass is 442 g/mol. The van der Waals surface area contributed by atoms with Crippen LogP contribution in [0.4, 0.5) is 0 Å². The molecule has 0 bridgehead atoms. The van der Waals surface area contributed by atoms with Crippen molar-refractivity contribution in [1.29, 1.82) is 0 Å². The molecule has 9 nitrogen and oxygen atoms in total. The fraction of sp³-hybridized carbons (Fsp3) is 0.250. The average molecular weight is 443 g/mol. The van der Waals surface area contributed by atoms with E-state index in [-0.39, 0.29) is 48.9 Å². The molecule has 0 amide bonds. The lowest BCUT2D eigenvalue weighted by molar-refractivity contribution is -0.140. The molecule has 5 N–H and O–H groups in total. The first-order valence-electron chi connectivity index (χ1n) is 8.42. The van der Waals surface area contributed by atoms with Gasteiger partial charge in [-0.2, -0.15) is 0 Å². The number of halogens is 1. The van der Waals surface area contributed by atoms with Crippen molar-refractivity contribution in [2.45, 2.75) is 6.54 Å². The molecule has 2 rings (SSSR count). The number of carbonyl (C=O) groups is 3. The summed E-state index contributed by atoms with van der Waals surface area (Å²) in [6.45, 7) is 0.673. The van der Waals surface area contributed by atoms with Gasteiger partial charge in [0.2, 0.25) is 0 Å². The van der Waals surface area contributed by atoms with Crippen molar-refractivity contribution in [3.05, 3.63) is 59.7 Å². The molecule has 166 valence electrons. The first-order valence-corrected chi connectivity index (χ1v) is 8.42.